The van der Waals surface area contributed by atoms with Crippen molar-refractivity contribution in [2.75, 3.05) is 18.5 Å². The number of carbonyl (C=O) groups is 3. The summed E-state index contributed by atoms with van der Waals surface area (Å²) in [5.74, 6) is -2.33. The lowest BCUT2D eigenvalue weighted by Gasteiger charge is -2.36. The average Bonchev–Trinajstić information content (AvgIpc) is 3.31. The first-order valence-electron chi connectivity index (χ1n) is 12.3. The zero-order chi connectivity index (χ0) is 25.0. The van der Waals surface area contributed by atoms with Crippen LogP contribution in [0, 0.1) is 31.6 Å². The van der Waals surface area contributed by atoms with E-state index in [1.165, 1.54) is 4.90 Å². The molecule has 2 bridgehead atoms. The second-order valence-electron chi connectivity index (χ2n) is 10.5. The van der Waals surface area contributed by atoms with Gasteiger partial charge in [0, 0.05) is 12.2 Å². The van der Waals surface area contributed by atoms with Gasteiger partial charge in [-0.1, -0.05) is 32.0 Å². The lowest BCUT2D eigenvalue weighted by Crippen LogP contribution is -2.56. The molecule has 186 valence electrons. The van der Waals surface area contributed by atoms with Crippen molar-refractivity contribution in [2.24, 2.45) is 17.8 Å². The topological polar surface area (TPSA) is 108 Å². The Bertz CT molecular complexity index is 992. The molecule has 3 unspecified atom stereocenters. The highest BCUT2D eigenvalue weighted by Crippen LogP contribution is 2.65. The van der Waals surface area contributed by atoms with Crippen molar-refractivity contribution in [3.63, 3.8) is 0 Å². The number of benzene rings is 1. The number of carbonyl (C=O) groups excluding carboxylic acids is 3. The van der Waals surface area contributed by atoms with Gasteiger partial charge in [-0.15, -0.1) is 0 Å². The van der Waals surface area contributed by atoms with Crippen LogP contribution in [0.5, 0.6) is 0 Å². The molecule has 8 heteroatoms. The van der Waals surface area contributed by atoms with Crippen LogP contribution in [0.2, 0.25) is 0 Å². The van der Waals surface area contributed by atoms with Crippen molar-refractivity contribution in [3.8, 4) is 0 Å². The van der Waals surface area contributed by atoms with Gasteiger partial charge in [-0.05, 0) is 57.6 Å². The van der Waals surface area contributed by atoms with Gasteiger partial charge in [0.25, 0.3) is 0 Å². The van der Waals surface area contributed by atoms with Gasteiger partial charge in [0.2, 0.25) is 17.7 Å². The maximum Gasteiger partial charge on any atom is 0.250 e. The Hall–Kier alpha value is -2.45. The fraction of sp³-hybridized carbons (Fsp3) is 0.654. The van der Waals surface area contributed by atoms with Crippen LogP contribution >= 0.6 is 0 Å². The molecule has 7 atom stereocenters. The number of amides is 3. The summed E-state index contributed by atoms with van der Waals surface area (Å²) < 4.78 is 6.66. The molecule has 3 aliphatic rings. The van der Waals surface area contributed by atoms with Crippen LogP contribution < -0.4 is 10.6 Å². The quantitative estimate of drug-likeness (QED) is 0.565. The van der Waals surface area contributed by atoms with E-state index in [2.05, 4.69) is 10.6 Å². The van der Waals surface area contributed by atoms with Gasteiger partial charge in [-0.2, -0.15) is 0 Å². The second-order valence-corrected chi connectivity index (χ2v) is 10.5. The summed E-state index contributed by atoms with van der Waals surface area (Å²) in [5, 5.41) is 16.0. The number of fused-ring (bicyclic) bond motifs is 1. The molecule has 3 heterocycles. The predicted molar refractivity (Wildman–Crippen MR) is 128 cm³/mol. The fourth-order valence-electron chi connectivity index (χ4n) is 6.50. The van der Waals surface area contributed by atoms with Crippen molar-refractivity contribution in [1.29, 1.82) is 0 Å². The van der Waals surface area contributed by atoms with E-state index in [1.54, 1.807) is 6.92 Å². The predicted octanol–water partition coefficient (Wildman–Crippen LogP) is 2.16. The number of hydrogen-bond donors (Lipinski definition) is 3. The van der Waals surface area contributed by atoms with Crippen LogP contribution in [0.25, 0.3) is 0 Å². The van der Waals surface area contributed by atoms with Crippen molar-refractivity contribution < 1.29 is 24.2 Å². The third kappa shape index (κ3) is 3.37. The van der Waals surface area contributed by atoms with Crippen LogP contribution in [0.15, 0.2) is 18.2 Å². The van der Waals surface area contributed by atoms with E-state index in [1.807, 2.05) is 52.8 Å². The molecular formula is C26H37N3O5. The maximum absolute atomic E-state index is 13.9. The molecule has 1 aromatic rings. The van der Waals surface area contributed by atoms with E-state index in [4.69, 9.17) is 4.74 Å². The normalized spacial score (nSPS) is 34.8. The largest absolute Gasteiger partial charge is 0.394 e. The molecule has 3 saturated heterocycles. The zero-order valence-corrected chi connectivity index (χ0v) is 21.0. The van der Waals surface area contributed by atoms with Crippen molar-refractivity contribution >= 4 is 23.4 Å². The van der Waals surface area contributed by atoms with Crippen LogP contribution in [0.4, 0.5) is 5.69 Å². The lowest BCUT2D eigenvalue weighted by molar-refractivity contribution is -0.148. The number of nitrogens with one attached hydrogen (secondary N) is 2. The summed E-state index contributed by atoms with van der Waals surface area (Å²) in [6, 6.07) is 4.24. The van der Waals surface area contributed by atoms with Crippen molar-refractivity contribution in [1.82, 2.24) is 10.2 Å². The molecule has 0 saturated carbocycles. The third-order valence-electron chi connectivity index (χ3n) is 8.30. The number of nitrogens with zero attached hydrogens (tertiary/aromatic N) is 1. The van der Waals surface area contributed by atoms with Crippen molar-refractivity contribution in [3.05, 3.63) is 29.3 Å². The smallest absolute Gasteiger partial charge is 0.250 e. The molecule has 1 spiro atoms. The number of para-hydroxylation sites is 1. The molecule has 4 rings (SSSR count). The summed E-state index contributed by atoms with van der Waals surface area (Å²) in [5.41, 5.74) is 0.581. The first-order chi connectivity index (χ1) is 16.0. The van der Waals surface area contributed by atoms with Crippen LogP contribution in [0.1, 0.15) is 51.7 Å². The third-order valence-corrected chi connectivity index (χ3v) is 8.30. The molecule has 3 fully saturated rings. The Morgan fingerprint density at radius 1 is 1.26 bits per heavy atom. The monoisotopic (exact) mass is 471 g/mol. The molecule has 8 nitrogen and oxygen atoms in total. The minimum Gasteiger partial charge on any atom is -0.394 e. The number of hydrogen-bond acceptors (Lipinski definition) is 5. The molecular weight excluding hydrogens is 434 g/mol. The van der Waals surface area contributed by atoms with Gasteiger partial charge in [-0.25, -0.2) is 0 Å². The van der Waals surface area contributed by atoms with E-state index in [0.717, 1.165) is 17.5 Å². The maximum atomic E-state index is 13.9. The van der Waals surface area contributed by atoms with E-state index in [0.29, 0.717) is 18.7 Å². The Labute approximate surface area is 201 Å². The second kappa shape index (κ2) is 8.64. The number of rotatable bonds is 7. The number of aryl methyl sites for hydroxylation is 2. The minimum atomic E-state index is -1.12. The highest BCUT2D eigenvalue weighted by atomic mass is 16.5. The van der Waals surface area contributed by atoms with E-state index < -0.39 is 35.1 Å². The van der Waals surface area contributed by atoms with Crippen LogP contribution in [-0.4, -0.2) is 64.2 Å². The summed E-state index contributed by atoms with van der Waals surface area (Å²) in [4.78, 5) is 42.6. The van der Waals surface area contributed by atoms with Crippen molar-refractivity contribution in [2.45, 2.75) is 77.7 Å². The van der Waals surface area contributed by atoms with Gasteiger partial charge >= 0.3 is 0 Å². The van der Waals surface area contributed by atoms with Gasteiger partial charge in [0.15, 0.2) is 0 Å². The van der Waals surface area contributed by atoms with Gasteiger partial charge in [0.05, 0.1) is 30.1 Å². The molecule has 34 heavy (non-hydrogen) atoms. The Morgan fingerprint density at radius 2 is 1.91 bits per heavy atom. The molecule has 0 aromatic heterocycles. The summed E-state index contributed by atoms with van der Waals surface area (Å²) in [6.07, 6.45) is 1.28. The van der Waals surface area contributed by atoms with Gasteiger partial charge in [0.1, 0.15) is 11.6 Å². The average molecular weight is 472 g/mol. The first kappa shape index (κ1) is 24.7. The first-order valence-corrected chi connectivity index (χ1v) is 12.3. The highest BCUT2D eigenvalue weighted by molar-refractivity contribution is 6.04. The Kier molecular flexibility index (Phi) is 6.27. The van der Waals surface area contributed by atoms with Gasteiger partial charge in [-0.3, -0.25) is 14.4 Å². The number of ether oxygens (including phenoxy) is 1. The minimum absolute atomic E-state index is 0.0196. The van der Waals surface area contributed by atoms with Crippen LogP contribution in [0.3, 0.4) is 0 Å². The molecule has 0 aliphatic carbocycles. The van der Waals surface area contributed by atoms with Crippen LogP contribution in [-0.2, 0) is 19.1 Å². The van der Waals surface area contributed by atoms with Gasteiger partial charge < -0.3 is 25.4 Å². The Balaban J connectivity index is 1.79. The molecule has 0 radical (unpaired) electrons. The van der Waals surface area contributed by atoms with E-state index in [-0.39, 0.29) is 30.2 Å². The number of anilines is 1. The highest BCUT2D eigenvalue weighted by Gasteiger charge is 2.80. The number of likely N-dealkylation sites (tertiary alicyclic amines) is 1. The molecule has 1 aromatic carbocycles. The standard InChI is InChI=1S/C26H37N3O5/c1-7-11-27-22(31)18-19-24(33)29(17(5)13-30)21(26(19)12-16(4)25(18,6)34-26)23(32)28-20-14(2)9-8-10-15(20)3/h8-10,16-19,21,30H,7,11-13H2,1-6H3,(H,27,31)(H,28,32)/t16?,17-,18+,19+,21?,25-,26?/m1/s1. The summed E-state index contributed by atoms with van der Waals surface area (Å²) in [6.45, 7) is 11.7. The summed E-state index contributed by atoms with van der Waals surface area (Å²) >= 11 is 0. The molecule has 3 N–H and O–H groups in total. The number of aliphatic hydroxyl groups is 1. The summed E-state index contributed by atoms with van der Waals surface area (Å²) in [7, 11) is 0. The molecule has 3 aliphatic heterocycles. The Morgan fingerprint density at radius 3 is 2.50 bits per heavy atom. The lowest BCUT2D eigenvalue weighted by atomic mass is 9.62. The fourth-order valence-corrected chi connectivity index (χ4v) is 6.50. The SMILES string of the molecule is CCCNC(=O)[C@@H]1[C@H]2C(=O)N([C@H](C)CO)C(C(=O)Nc3c(C)cccc3C)C23CC(C)[C@@]1(C)O3. The molecule has 3 amide bonds. The zero-order valence-electron chi connectivity index (χ0n) is 21.0. The number of aliphatic hydroxyl groups excluding tert-OH is 1. The van der Waals surface area contributed by atoms with E-state index in [9.17, 15) is 19.5 Å². The van der Waals surface area contributed by atoms with E-state index >= 15 is 0 Å².